The van der Waals surface area contributed by atoms with Gasteiger partial charge in [-0.25, -0.2) is 0 Å². The number of rotatable bonds is 1. The quantitative estimate of drug-likeness (QED) is 0.569. The number of hydrogen-bond acceptors (Lipinski definition) is 2. The molecule has 0 saturated heterocycles. The van der Waals surface area contributed by atoms with Gasteiger partial charge in [0.05, 0.1) is 11.4 Å². The van der Waals surface area contributed by atoms with E-state index in [0.717, 1.165) is 5.70 Å². The Kier molecular flexibility index (Phi) is 1.52. The first-order valence-electron chi connectivity index (χ1n) is 3.20. The van der Waals surface area contributed by atoms with E-state index in [4.69, 9.17) is 0 Å². The highest BCUT2D eigenvalue weighted by atomic mass is 16.3. The molecule has 0 unspecified atom stereocenters. The molecule has 10 heavy (non-hydrogen) atoms. The van der Waals surface area contributed by atoms with E-state index in [-0.39, 0.29) is 0 Å². The Morgan fingerprint density at radius 1 is 1.50 bits per heavy atom. The van der Waals surface area contributed by atoms with Crippen LogP contribution in [-0.2, 0) is 0 Å². The molecule has 0 amide bonds. The molecule has 1 rings (SSSR count). The molecule has 3 nitrogen and oxygen atoms in total. The van der Waals surface area contributed by atoms with Crippen LogP contribution in [0.5, 0.6) is 0 Å². The fraction of sp³-hybridized carbons (Fsp3) is 0.571. The van der Waals surface area contributed by atoms with Crippen molar-refractivity contribution >= 4 is 5.71 Å². The summed E-state index contributed by atoms with van der Waals surface area (Å²) in [6.45, 7) is 5.23. The van der Waals surface area contributed by atoms with Gasteiger partial charge >= 0.3 is 0 Å². The number of hydrogen-bond donors (Lipinski definition) is 1. The fourth-order valence-electron chi connectivity index (χ4n) is 0.687. The van der Waals surface area contributed by atoms with Crippen molar-refractivity contribution in [1.29, 1.82) is 0 Å². The van der Waals surface area contributed by atoms with Gasteiger partial charge in [-0.2, -0.15) is 10.5 Å². The zero-order chi connectivity index (χ0) is 7.78. The number of nitrogens with zero attached hydrogens (tertiary/aromatic N) is 2. The third kappa shape index (κ3) is 1.36. The molecule has 0 aromatic heterocycles. The summed E-state index contributed by atoms with van der Waals surface area (Å²) in [7, 11) is 0. The summed E-state index contributed by atoms with van der Waals surface area (Å²) < 4.78 is 0. The highest BCUT2D eigenvalue weighted by Crippen LogP contribution is 2.11. The van der Waals surface area contributed by atoms with Gasteiger partial charge in [0.2, 0.25) is 0 Å². The average Bonchev–Trinajstić information content (AvgIpc) is 2.11. The molecule has 1 heterocycles. The summed E-state index contributed by atoms with van der Waals surface area (Å²) in [6, 6.07) is 0. The Balaban J connectivity index is 2.77. The van der Waals surface area contributed by atoms with E-state index in [2.05, 4.69) is 10.5 Å². The normalized spacial score (nSPS) is 18.0. The predicted molar refractivity (Wildman–Crippen MR) is 39.6 cm³/mol. The summed E-state index contributed by atoms with van der Waals surface area (Å²) in [6.07, 6.45) is 1.78. The second-order valence-corrected chi connectivity index (χ2v) is 2.93. The lowest BCUT2D eigenvalue weighted by Gasteiger charge is -2.13. The Hall–Kier alpha value is -0.830. The van der Waals surface area contributed by atoms with E-state index in [1.165, 1.54) is 0 Å². The van der Waals surface area contributed by atoms with Gasteiger partial charge in [-0.1, -0.05) is 0 Å². The lowest BCUT2D eigenvalue weighted by atomic mass is 10.0. The standard InChI is InChI=1S/C7H11N2O/c1-5-4-6(9-8-5)7(2,3)10/h4,10H,1-3H3. The molecule has 0 aromatic rings. The van der Waals surface area contributed by atoms with Gasteiger partial charge in [0, 0.05) is 0 Å². The molecular formula is C7H11N2O. The van der Waals surface area contributed by atoms with Crippen LogP contribution in [0.4, 0.5) is 0 Å². The minimum atomic E-state index is -0.860. The number of aliphatic hydroxyl groups is 1. The SMILES string of the molecule is CC1=CC(C(C)(C)O)=N[N]1. The Morgan fingerprint density at radius 3 is 2.30 bits per heavy atom. The molecule has 0 spiro atoms. The first kappa shape index (κ1) is 7.28. The van der Waals surface area contributed by atoms with E-state index in [9.17, 15) is 5.11 Å². The second-order valence-electron chi connectivity index (χ2n) is 2.93. The average molecular weight is 139 g/mol. The Bertz CT molecular complexity index is 198. The summed E-state index contributed by atoms with van der Waals surface area (Å²) in [5, 5.41) is 13.2. The van der Waals surface area contributed by atoms with Crippen molar-refractivity contribution in [3.8, 4) is 0 Å². The van der Waals surface area contributed by atoms with Crippen LogP contribution < -0.4 is 5.43 Å². The zero-order valence-electron chi connectivity index (χ0n) is 6.42. The summed E-state index contributed by atoms with van der Waals surface area (Å²) >= 11 is 0. The second kappa shape index (κ2) is 2.09. The first-order valence-corrected chi connectivity index (χ1v) is 3.20. The summed E-state index contributed by atoms with van der Waals surface area (Å²) in [4.78, 5) is 0. The summed E-state index contributed by atoms with van der Waals surface area (Å²) in [5.41, 5.74) is 4.39. The van der Waals surface area contributed by atoms with Crippen molar-refractivity contribution in [1.82, 2.24) is 5.43 Å². The van der Waals surface area contributed by atoms with Crippen molar-refractivity contribution in [2.45, 2.75) is 26.4 Å². The van der Waals surface area contributed by atoms with Crippen molar-refractivity contribution in [3.63, 3.8) is 0 Å². The first-order chi connectivity index (χ1) is 4.50. The molecule has 0 bridgehead atoms. The Morgan fingerprint density at radius 2 is 2.10 bits per heavy atom. The molecule has 0 saturated carbocycles. The highest BCUT2D eigenvalue weighted by molar-refractivity contribution is 6.02. The molecule has 1 aliphatic heterocycles. The minimum Gasteiger partial charge on any atom is -0.384 e. The molecule has 0 aliphatic carbocycles. The van der Waals surface area contributed by atoms with Crippen LogP contribution in [0.25, 0.3) is 0 Å². The lowest BCUT2D eigenvalue weighted by Crippen LogP contribution is -2.28. The molecule has 1 radical (unpaired) electrons. The lowest BCUT2D eigenvalue weighted by molar-refractivity contribution is 0.155. The van der Waals surface area contributed by atoms with Crippen molar-refractivity contribution in [2.24, 2.45) is 5.10 Å². The van der Waals surface area contributed by atoms with E-state index >= 15 is 0 Å². The predicted octanol–water partition coefficient (Wildman–Crippen LogP) is 0.635. The van der Waals surface area contributed by atoms with E-state index in [1.54, 1.807) is 19.9 Å². The van der Waals surface area contributed by atoms with E-state index in [1.807, 2.05) is 6.92 Å². The van der Waals surface area contributed by atoms with Crippen LogP contribution >= 0.6 is 0 Å². The van der Waals surface area contributed by atoms with Gasteiger partial charge in [0.1, 0.15) is 5.60 Å². The smallest absolute Gasteiger partial charge is 0.103 e. The molecule has 55 valence electrons. The van der Waals surface area contributed by atoms with Crippen molar-refractivity contribution in [3.05, 3.63) is 11.8 Å². The monoisotopic (exact) mass is 139 g/mol. The minimum absolute atomic E-state index is 0.630. The Labute approximate surface area is 60.4 Å². The largest absolute Gasteiger partial charge is 0.384 e. The van der Waals surface area contributed by atoms with E-state index < -0.39 is 5.60 Å². The molecular weight excluding hydrogens is 128 g/mol. The molecule has 1 N–H and O–H groups in total. The molecule has 0 aromatic carbocycles. The van der Waals surface area contributed by atoms with Crippen molar-refractivity contribution < 1.29 is 5.11 Å². The highest BCUT2D eigenvalue weighted by Gasteiger charge is 2.22. The van der Waals surface area contributed by atoms with Gasteiger partial charge in [0.25, 0.3) is 0 Å². The van der Waals surface area contributed by atoms with Crippen LogP contribution in [0, 0.1) is 0 Å². The molecule has 3 heteroatoms. The van der Waals surface area contributed by atoms with Crippen LogP contribution in [0.3, 0.4) is 0 Å². The van der Waals surface area contributed by atoms with Crippen LogP contribution in [-0.4, -0.2) is 16.4 Å². The third-order valence-corrected chi connectivity index (χ3v) is 1.29. The molecule has 0 atom stereocenters. The zero-order valence-corrected chi connectivity index (χ0v) is 6.42. The number of allylic oxidation sites excluding steroid dienone is 1. The van der Waals surface area contributed by atoms with Gasteiger partial charge in [-0.05, 0) is 26.8 Å². The van der Waals surface area contributed by atoms with Gasteiger partial charge in [-0.15, -0.1) is 0 Å². The topological polar surface area (TPSA) is 46.7 Å². The summed E-state index contributed by atoms with van der Waals surface area (Å²) in [5.74, 6) is 0. The van der Waals surface area contributed by atoms with Crippen molar-refractivity contribution in [2.75, 3.05) is 0 Å². The maximum absolute atomic E-state index is 9.40. The van der Waals surface area contributed by atoms with Crippen LogP contribution in [0.2, 0.25) is 0 Å². The fourth-order valence-corrected chi connectivity index (χ4v) is 0.687. The van der Waals surface area contributed by atoms with Gasteiger partial charge in [0.15, 0.2) is 0 Å². The third-order valence-electron chi connectivity index (χ3n) is 1.29. The van der Waals surface area contributed by atoms with Crippen LogP contribution in [0.15, 0.2) is 16.9 Å². The maximum atomic E-state index is 9.40. The van der Waals surface area contributed by atoms with Crippen LogP contribution in [0.1, 0.15) is 20.8 Å². The van der Waals surface area contributed by atoms with Gasteiger partial charge < -0.3 is 5.11 Å². The van der Waals surface area contributed by atoms with E-state index in [0.29, 0.717) is 5.71 Å². The van der Waals surface area contributed by atoms with Gasteiger partial charge in [-0.3, -0.25) is 0 Å². The molecule has 0 fully saturated rings. The molecule has 1 aliphatic rings. The maximum Gasteiger partial charge on any atom is 0.103 e.